The first kappa shape index (κ1) is 10.7. The molecule has 0 saturated heterocycles. The summed E-state index contributed by atoms with van der Waals surface area (Å²) >= 11 is 6.99. The van der Waals surface area contributed by atoms with Crippen LogP contribution in [0.1, 0.15) is 12.5 Å². The molecule has 0 aliphatic heterocycles. The van der Waals surface area contributed by atoms with Crippen molar-refractivity contribution in [1.29, 1.82) is 0 Å². The molecule has 0 fully saturated rings. The number of hydrazone groups is 1. The second kappa shape index (κ2) is 4.74. The number of rotatable bonds is 2. The number of carbonyl (C=O) groups excluding carboxylic acids is 1. The van der Waals surface area contributed by atoms with Gasteiger partial charge in [-0.05, 0) is 6.07 Å². The summed E-state index contributed by atoms with van der Waals surface area (Å²) in [7, 11) is 0. The Bertz CT molecular complexity index is 419. The van der Waals surface area contributed by atoms with Crippen LogP contribution in [-0.2, 0) is 4.79 Å². The predicted molar refractivity (Wildman–Crippen MR) is 57.0 cm³/mol. The highest BCUT2D eigenvalue weighted by molar-refractivity contribution is 7.20. The van der Waals surface area contributed by atoms with Gasteiger partial charge >= 0.3 is 0 Å². The summed E-state index contributed by atoms with van der Waals surface area (Å²) in [5.74, 6) is -0.252. The average Bonchev–Trinajstić information content (AvgIpc) is 2.47. The molecule has 0 unspecified atom stereocenters. The highest BCUT2D eigenvalue weighted by atomic mass is 35.5. The third-order valence-corrected chi connectivity index (χ3v) is 2.52. The molecular formula is C8H6ClN3OS. The van der Waals surface area contributed by atoms with Crippen molar-refractivity contribution in [3.63, 3.8) is 0 Å². The Labute approximate surface area is 90.0 Å². The first-order valence-electron chi connectivity index (χ1n) is 3.60. The van der Waals surface area contributed by atoms with Crippen LogP contribution >= 0.6 is 22.9 Å². The molecule has 0 aliphatic carbocycles. The SMILES string of the molecule is [C-]#[N+]c1cc(C=NNC(C)=O)c(Cl)s1. The molecule has 72 valence electrons. The first-order valence-corrected chi connectivity index (χ1v) is 4.79. The van der Waals surface area contributed by atoms with Crippen molar-refractivity contribution in [2.45, 2.75) is 6.92 Å². The standard InChI is InChI=1S/C8H6ClN3OS/c1-5(13)12-11-4-6-3-7(10-2)14-8(6)9/h3-4H,1H3,(H,12,13). The van der Waals surface area contributed by atoms with Crippen molar-refractivity contribution in [2.75, 3.05) is 0 Å². The summed E-state index contributed by atoms with van der Waals surface area (Å²) in [6, 6.07) is 1.62. The lowest BCUT2D eigenvalue weighted by atomic mass is 10.4. The minimum atomic E-state index is -0.252. The second-order valence-electron chi connectivity index (χ2n) is 2.35. The molecule has 14 heavy (non-hydrogen) atoms. The van der Waals surface area contributed by atoms with E-state index in [0.717, 1.165) is 0 Å². The summed E-state index contributed by atoms with van der Waals surface area (Å²) in [4.78, 5) is 13.7. The van der Waals surface area contributed by atoms with E-state index in [1.165, 1.54) is 24.5 Å². The zero-order chi connectivity index (χ0) is 10.6. The van der Waals surface area contributed by atoms with E-state index in [2.05, 4.69) is 15.4 Å². The van der Waals surface area contributed by atoms with Crippen LogP contribution in [0.4, 0.5) is 5.00 Å². The Morgan fingerprint density at radius 2 is 2.57 bits per heavy atom. The quantitative estimate of drug-likeness (QED) is 0.471. The summed E-state index contributed by atoms with van der Waals surface area (Å²) in [6.45, 7) is 8.12. The van der Waals surface area contributed by atoms with Crippen molar-refractivity contribution < 1.29 is 4.79 Å². The Morgan fingerprint density at radius 1 is 1.86 bits per heavy atom. The molecule has 0 spiro atoms. The minimum absolute atomic E-state index is 0.252. The molecule has 1 aromatic rings. The van der Waals surface area contributed by atoms with Crippen molar-refractivity contribution in [3.8, 4) is 0 Å². The van der Waals surface area contributed by atoms with Gasteiger partial charge in [0, 0.05) is 12.5 Å². The molecule has 4 nitrogen and oxygen atoms in total. The number of halogens is 1. The lowest BCUT2D eigenvalue weighted by Gasteiger charge is -1.90. The van der Waals surface area contributed by atoms with Crippen molar-refractivity contribution in [2.24, 2.45) is 5.10 Å². The van der Waals surface area contributed by atoms with E-state index in [4.69, 9.17) is 18.2 Å². The fraction of sp³-hybridized carbons (Fsp3) is 0.125. The van der Waals surface area contributed by atoms with Crippen LogP contribution in [-0.4, -0.2) is 12.1 Å². The van der Waals surface area contributed by atoms with Crippen molar-refractivity contribution in [3.05, 3.63) is 27.4 Å². The Kier molecular flexibility index (Phi) is 3.63. The van der Waals surface area contributed by atoms with Crippen LogP contribution in [0, 0.1) is 6.57 Å². The molecule has 0 aromatic carbocycles. The third kappa shape index (κ3) is 2.83. The van der Waals surface area contributed by atoms with Gasteiger partial charge in [-0.25, -0.2) is 10.3 Å². The van der Waals surface area contributed by atoms with E-state index < -0.39 is 0 Å². The van der Waals surface area contributed by atoms with E-state index in [9.17, 15) is 4.79 Å². The fourth-order valence-corrected chi connectivity index (χ4v) is 1.69. The first-order chi connectivity index (χ1) is 6.63. The van der Waals surface area contributed by atoms with Crippen molar-refractivity contribution >= 4 is 40.1 Å². The second-order valence-corrected chi connectivity index (χ2v) is 3.98. The molecule has 1 N–H and O–H groups in total. The van der Waals surface area contributed by atoms with E-state index in [1.54, 1.807) is 6.07 Å². The average molecular weight is 228 g/mol. The molecule has 0 radical (unpaired) electrons. The van der Waals surface area contributed by atoms with Gasteiger partial charge in [0.2, 0.25) is 10.9 Å². The van der Waals surface area contributed by atoms with E-state index >= 15 is 0 Å². The van der Waals surface area contributed by atoms with E-state index in [-0.39, 0.29) is 5.91 Å². The molecule has 6 heteroatoms. The van der Waals surface area contributed by atoms with Gasteiger partial charge in [0.05, 0.1) is 17.1 Å². The maximum Gasteiger partial charge on any atom is 0.243 e. The van der Waals surface area contributed by atoms with Crippen LogP contribution < -0.4 is 5.43 Å². The minimum Gasteiger partial charge on any atom is -0.274 e. The molecule has 1 rings (SSSR count). The molecule has 0 atom stereocenters. The highest BCUT2D eigenvalue weighted by Crippen LogP contribution is 2.32. The predicted octanol–water partition coefficient (Wildman–Crippen LogP) is 2.42. The van der Waals surface area contributed by atoms with Crippen molar-refractivity contribution in [1.82, 2.24) is 5.43 Å². The number of thiophene rings is 1. The lowest BCUT2D eigenvalue weighted by molar-refractivity contribution is -0.118. The van der Waals surface area contributed by atoms with Gasteiger partial charge in [-0.3, -0.25) is 4.79 Å². The van der Waals surface area contributed by atoms with Gasteiger partial charge < -0.3 is 0 Å². The maximum atomic E-state index is 10.5. The van der Waals surface area contributed by atoms with Gasteiger partial charge in [-0.2, -0.15) is 5.10 Å². The topological polar surface area (TPSA) is 45.8 Å². The Hall–Kier alpha value is -1.38. The molecule has 0 bridgehead atoms. The zero-order valence-electron chi connectivity index (χ0n) is 7.24. The van der Waals surface area contributed by atoms with E-state index in [0.29, 0.717) is 14.9 Å². The number of amides is 1. The van der Waals surface area contributed by atoms with Gasteiger partial charge in [0.25, 0.3) is 0 Å². The Balaban J connectivity index is 2.77. The molecule has 1 heterocycles. The lowest BCUT2D eigenvalue weighted by Crippen LogP contribution is -2.12. The normalized spacial score (nSPS) is 10.1. The number of hydrogen-bond acceptors (Lipinski definition) is 3. The number of nitrogens with zero attached hydrogens (tertiary/aromatic N) is 2. The molecular weight excluding hydrogens is 222 g/mol. The van der Waals surface area contributed by atoms with Crippen LogP contribution in [0.5, 0.6) is 0 Å². The fourth-order valence-electron chi connectivity index (χ4n) is 0.706. The van der Waals surface area contributed by atoms with Crippen LogP contribution in [0.3, 0.4) is 0 Å². The van der Waals surface area contributed by atoms with Crippen LogP contribution in [0.2, 0.25) is 4.34 Å². The molecule has 0 aliphatic rings. The van der Waals surface area contributed by atoms with Gasteiger partial charge in [0.1, 0.15) is 0 Å². The number of nitrogens with one attached hydrogen (secondary N) is 1. The van der Waals surface area contributed by atoms with Crippen LogP contribution in [0.15, 0.2) is 11.2 Å². The summed E-state index contributed by atoms with van der Waals surface area (Å²) in [5.41, 5.74) is 2.88. The number of hydrogen-bond donors (Lipinski definition) is 1. The molecule has 1 amide bonds. The summed E-state index contributed by atoms with van der Waals surface area (Å²) < 4.78 is 0.491. The smallest absolute Gasteiger partial charge is 0.243 e. The summed E-state index contributed by atoms with van der Waals surface area (Å²) in [6.07, 6.45) is 1.41. The van der Waals surface area contributed by atoms with Gasteiger partial charge in [-0.1, -0.05) is 11.6 Å². The largest absolute Gasteiger partial charge is 0.274 e. The highest BCUT2D eigenvalue weighted by Gasteiger charge is 2.03. The Morgan fingerprint density at radius 3 is 3.07 bits per heavy atom. The van der Waals surface area contributed by atoms with Crippen LogP contribution in [0.25, 0.3) is 4.85 Å². The summed E-state index contributed by atoms with van der Waals surface area (Å²) in [5, 5.41) is 4.14. The van der Waals surface area contributed by atoms with Gasteiger partial charge in [0.15, 0.2) is 0 Å². The van der Waals surface area contributed by atoms with E-state index in [1.807, 2.05) is 0 Å². The zero-order valence-corrected chi connectivity index (χ0v) is 8.82. The third-order valence-electron chi connectivity index (χ3n) is 1.24. The number of carbonyl (C=O) groups is 1. The monoisotopic (exact) mass is 227 g/mol. The van der Waals surface area contributed by atoms with Gasteiger partial charge in [-0.15, -0.1) is 11.3 Å². The molecule has 0 saturated carbocycles. The maximum absolute atomic E-state index is 10.5. The molecule has 1 aromatic heterocycles.